The van der Waals surface area contributed by atoms with Gasteiger partial charge in [-0.05, 0) is 13.0 Å². The number of nitrogens with one attached hydrogen (secondary N) is 1. The molecule has 0 aliphatic heterocycles. The molecule has 0 aliphatic rings. The second-order valence-corrected chi connectivity index (χ2v) is 3.99. The molecule has 1 N–H and O–H groups in total. The first kappa shape index (κ1) is 13.0. The fraction of sp³-hybridized carbons (Fsp3) is 0.214. The number of benzene rings is 1. The summed E-state index contributed by atoms with van der Waals surface area (Å²) in [6.07, 6.45) is 1.08. The van der Waals surface area contributed by atoms with Crippen LogP contribution in [0, 0.1) is 0 Å². The second kappa shape index (κ2) is 5.48. The van der Waals surface area contributed by atoms with E-state index in [2.05, 4.69) is 9.72 Å². The third kappa shape index (κ3) is 2.70. The lowest BCUT2D eigenvalue weighted by Gasteiger charge is -2.00. The van der Waals surface area contributed by atoms with Gasteiger partial charge in [-0.3, -0.25) is 9.59 Å². The zero-order valence-electron chi connectivity index (χ0n) is 10.4. The molecular formula is C14H13NO4. The van der Waals surface area contributed by atoms with Gasteiger partial charge in [-0.2, -0.15) is 0 Å². The number of carbonyl (C=O) groups excluding carboxylic acids is 3. The van der Waals surface area contributed by atoms with Crippen molar-refractivity contribution in [2.24, 2.45) is 0 Å². The van der Waals surface area contributed by atoms with Crippen LogP contribution < -0.4 is 0 Å². The Morgan fingerprint density at radius 3 is 2.68 bits per heavy atom. The van der Waals surface area contributed by atoms with E-state index in [0.29, 0.717) is 5.56 Å². The molecule has 19 heavy (non-hydrogen) atoms. The van der Waals surface area contributed by atoms with E-state index >= 15 is 0 Å². The van der Waals surface area contributed by atoms with Gasteiger partial charge in [0.05, 0.1) is 13.0 Å². The van der Waals surface area contributed by atoms with Crippen molar-refractivity contribution < 1.29 is 19.1 Å². The average molecular weight is 259 g/mol. The molecule has 0 bridgehead atoms. The number of esters is 1. The van der Waals surface area contributed by atoms with Crippen LogP contribution in [0.15, 0.2) is 30.5 Å². The van der Waals surface area contributed by atoms with E-state index < -0.39 is 24.0 Å². The Hall–Kier alpha value is -2.43. The molecule has 0 atom stereocenters. The van der Waals surface area contributed by atoms with Crippen LogP contribution >= 0.6 is 0 Å². The van der Waals surface area contributed by atoms with Crippen LogP contribution in [0.25, 0.3) is 10.9 Å². The van der Waals surface area contributed by atoms with Crippen molar-refractivity contribution >= 4 is 28.4 Å². The normalized spacial score (nSPS) is 10.4. The van der Waals surface area contributed by atoms with E-state index in [-0.39, 0.29) is 6.61 Å². The van der Waals surface area contributed by atoms with Gasteiger partial charge >= 0.3 is 5.97 Å². The molecule has 0 amide bonds. The molecule has 5 nitrogen and oxygen atoms in total. The maximum atomic E-state index is 12.0. The summed E-state index contributed by atoms with van der Waals surface area (Å²) in [7, 11) is 0. The second-order valence-electron chi connectivity index (χ2n) is 3.99. The van der Waals surface area contributed by atoms with E-state index in [9.17, 15) is 14.4 Å². The number of H-pyrrole nitrogens is 1. The van der Waals surface area contributed by atoms with E-state index in [1.54, 1.807) is 25.3 Å². The summed E-state index contributed by atoms with van der Waals surface area (Å²) in [5.41, 5.74) is 1.22. The molecule has 0 saturated heterocycles. The first-order chi connectivity index (χ1) is 9.13. The molecule has 5 heteroatoms. The zero-order valence-corrected chi connectivity index (χ0v) is 10.4. The average Bonchev–Trinajstić information content (AvgIpc) is 2.82. The van der Waals surface area contributed by atoms with Crippen LogP contribution in [0.3, 0.4) is 0 Å². The highest BCUT2D eigenvalue weighted by atomic mass is 16.5. The Balaban J connectivity index is 2.16. The van der Waals surface area contributed by atoms with Crippen LogP contribution in [0.2, 0.25) is 0 Å². The highest BCUT2D eigenvalue weighted by Gasteiger charge is 2.21. The largest absolute Gasteiger partial charge is 0.460 e. The number of fused-ring (bicyclic) bond motifs is 1. The highest BCUT2D eigenvalue weighted by Crippen LogP contribution is 2.19. The number of hydrogen-bond acceptors (Lipinski definition) is 4. The van der Waals surface area contributed by atoms with Gasteiger partial charge in [-0.25, -0.2) is 4.79 Å². The third-order valence-corrected chi connectivity index (χ3v) is 2.71. The van der Waals surface area contributed by atoms with Gasteiger partial charge in [0.2, 0.25) is 5.78 Å². The Bertz CT molecular complexity index is 642. The number of carbonyl (C=O) groups is 3. The van der Waals surface area contributed by atoms with E-state index in [1.807, 2.05) is 12.1 Å². The summed E-state index contributed by atoms with van der Waals surface area (Å²) in [6.45, 7) is 1.72. The van der Waals surface area contributed by atoms with Gasteiger partial charge in [0.25, 0.3) is 0 Å². The maximum Gasteiger partial charge on any atom is 0.375 e. The molecule has 2 aromatic rings. The van der Waals surface area contributed by atoms with Gasteiger partial charge in [0, 0.05) is 22.7 Å². The molecular weight excluding hydrogens is 246 g/mol. The molecule has 1 heterocycles. The Kier molecular flexibility index (Phi) is 3.75. The number of Topliss-reactive ketones (excluding diaryl/α,β-unsaturated/α-hetero) is 2. The Morgan fingerprint density at radius 2 is 1.95 bits per heavy atom. The molecule has 0 fully saturated rings. The lowest BCUT2D eigenvalue weighted by atomic mass is 10.1. The van der Waals surface area contributed by atoms with Crippen LogP contribution in [-0.2, 0) is 14.3 Å². The predicted octanol–water partition coefficient (Wildman–Crippen LogP) is 1.87. The van der Waals surface area contributed by atoms with Crippen molar-refractivity contribution in [1.82, 2.24) is 4.98 Å². The maximum absolute atomic E-state index is 12.0. The monoisotopic (exact) mass is 259 g/mol. The topological polar surface area (TPSA) is 76.2 Å². The number of aromatic nitrogens is 1. The van der Waals surface area contributed by atoms with Crippen LogP contribution in [0.5, 0.6) is 0 Å². The minimum atomic E-state index is -0.962. The summed E-state index contributed by atoms with van der Waals surface area (Å²) in [5, 5.41) is 0.740. The predicted molar refractivity (Wildman–Crippen MR) is 68.9 cm³/mol. The van der Waals surface area contributed by atoms with Gasteiger partial charge < -0.3 is 9.72 Å². The fourth-order valence-corrected chi connectivity index (χ4v) is 1.83. The number of para-hydroxylation sites is 1. The van der Waals surface area contributed by atoms with E-state index in [1.165, 1.54) is 0 Å². The van der Waals surface area contributed by atoms with Gasteiger partial charge in [0.15, 0.2) is 5.78 Å². The van der Waals surface area contributed by atoms with E-state index in [0.717, 1.165) is 10.9 Å². The van der Waals surface area contributed by atoms with Crippen molar-refractivity contribution in [3.05, 3.63) is 36.0 Å². The molecule has 0 saturated carbocycles. The quantitative estimate of drug-likeness (QED) is 0.385. The Morgan fingerprint density at radius 1 is 1.21 bits per heavy atom. The smallest absolute Gasteiger partial charge is 0.375 e. The summed E-state index contributed by atoms with van der Waals surface area (Å²) < 4.78 is 4.56. The number of ketones is 2. The minimum absolute atomic E-state index is 0.117. The summed E-state index contributed by atoms with van der Waals surface area (Å²) in [6, 6.07) is 7.27. The number of rotatable bonds is 5. The van der Waals surface area contributed by atoms with Crippen molar-refractivity contribution in [1.29, 1.82) is 0 Å². The van der Waals surface area contributed by atoms with Crippen molar-refractivity contribution in [2.45, 2.75) is 13.3 Å². The molecule has 0 unspecified atom stereocenters. The third-order valence-electron chi connectivity index (χ3n) is 2.71. The fourth-order valence-electron chi connectivity index (χ4n) is 1.83. The first-order valence-electron chi connectivity index (χ1n) is 5.92. The molecule has 2 rings (SSSR count). The molecule has 1 aromatic heterocycles. The number of ether oxygens (including phenoxy) is 1. The molecule has 0 aliphatic carbocycles. The SMILES string of the molecule is CCOC(=O)C(=O)CC(=O)c1c[nH]c2ccccc12. The van der Waals surface area contributed by atoms with Crippen molar-refractivity contribution in [3.63, 3.8) is 0 Å². The van der Waals surface area contributed by atoms with Crippen LogP contribution in [0.4, 0.5) is 0 Å². The molecule has 0 spiro atoms. The lowest BCUT2D eigenvalue weighted by molar-refractivity contribution is -0.153. The zero-order chi connectivity index (χ0) is 13.8. The number of hydrogen-bond donors (Lipinski definition) is 1. The Labute approximate surface area is 109 Å². The molecule has 1 aromatic carbocycles. The van der Waals surface area contributed by atoms with Crippen LogP contribution in [-0.4, -0.2) is 29.1 Å². The van der Waals surface area contributed by atoms with Gasteiger partial charge in [-0.1, -0.05) is 18.2 Å². The summed E-state index contributed by atoms with van der Waals surface area (Å²) in [4.78, 5) is 37.6. The summed E-state index contributed by atoms with van der Waals surface area (Å²) >= 11 is 0. The first-order valence-corrected chi connectivity index (χ1v) is 5.92. The van der Waals surface area contributed by atoms with Crippen LogP contribution in [0.1, 0.15) is 23.7 Å². The highest BCUT2D eigenvalue weighted by molar-refractivity contribution is 6.38. The lowest BCUT2D eigenvalue weighted by Crippen LogP contribution is -2.20. The minimum Gasteiger partial charge on any atom is -0.460 e. The summed E-state index contributed by atoms with van der Waals surface area (Å²) in [5.74, 6) is -2.18. The van der Waals surface area contributed by atoms with Gasteiger partial charge in [-0.15, -0.1) is 0 Å². The van der Waals surface area contributed by atoms with Crippen molar-refractivity contribution in [3.8, 4) is 0 Å². The molecule has 98 valence electrons. The van der Waals surface area contributed by atoms with Gasteiger partial charge in [0.1, 0.15) is 0 Å². The number of aromatic amines is 1. The molecule has 0 radical (unpaired) electrons. The van der Waals surface area contributed by atoms with E-state index in [4.69, 9.17) is 0 Å². The van der Waals surface area contributed by atoms with Crippen molar-refractivity contribution in [2.75, 3.05) is 6.61 Å². The standard InChI is InChI=1S/C14H13NO4/c1-2-19-14(18)13(17)7-12(16)10-8-15-11-6-4-3-5-9(10)11/h3-6,8,15H,2,7H2,1H3.